The number of carbonyl (C=O) groups excluding carboxylic acids is 1. The van der Waals surface area contributed by atoms with Crippen LogP contribution >= 0.6 is 27.5 Å². The van der Waals surface area contributed by atoms with Gasteiger partial charge in [0.1, 0.15) is 0 Å². The lowest BCUT2D eigenvalue weighted by atomic mass is 9.77. The maximum atomic E-state index is 12.0. The predicted molar refractivity (Wildman–Crippen MR) is 76.0 cm³/mol. The number of anilines is 1. The second-order valence-electron chi connectivity index (χ2n) is 4.59. The SMILES string of the molecule is COC1(CC(=O)Nc2cc(Br)ccc2Cl)CCC1. The van der Waals surface area contributed by atoms with Crippen LogP contribution in [0.2, 0.25) is 5.02 Å². The van der Waals surface area contributed by atoms with E-state index in [2.05, 4.69) is 21.2 Å². The molecule has 3 nitrogen and oxygen atoms in total. The van der Waals surface area contributed by atoms with E-state index in [9.17, 15) is 4.79 Å². The summed E-state index contributed by atoms with van der Waals surface area (Å²) in [6.07, 6.45) is 3.40. The average Bonchev–Trinajstić information content (AvgIpc) is 2.28. The van der Waals surface area contributed by atoms with E-state index in [1.54, 1.807) is 19.2 Å². The van der Waals surface area contributed by atoms with Gasteiger partial charge in [-0.1, -0.05) is 27.5 Å². The Kier molecular flexibility index (Phi) is 4.30. The summed E-state index contributed by atoms with van der Waals surface area (Å²) in [7, 11) is 1.67. The van der Waals surface area contributed by atoms with Gasteiger partial charge in [0.05, 0.1) is 22.7 Å². The zero-order chi connectivity index (χ0) is 13.2. The summed E-state index contributed by atoms with van der Waals surface area (Å²) in [5.74, 6) is -0.0587. The number of methoxy groups -OCH3 is 1. The van der Waals surface area contributed by atoms with Crippen LogP contribution in [0.25, 0.3) is 0 Å². The molecule has 1 aliphatic rings. The van der Waals surface area contributed by atoms with Crippen LogP contribution in [0, 0.1) is 0 Å². The van der Waals surface area contributed by atoms with Gasteiger partial charge in [-0.05, 0) is 37.5 Å². The molecule has 1 aliphatic carbocycles. The third-order valence-electron chi connectivity index (χ3n) is 3.38. The van der Waals surface area contributed by atoms with Crippen molar-refractivity contribution in [2.45, 2.75) is 31.3 Å². The molecule has 1 N–H and O–H groups in total. The fourth-order valence-electron chi connectivity index (χ4n) is 2.10. The summed E-state index contributed by atoms with van der Waals surface area (Å²) in [5, 5.41) is 3.36. The first-order chi connectivity index (χ1) is 8.54. The molecule has 0 radical (unpaired) electrons. The Bertz CT molecular complexity index is 455. The van der Waals surface area contributed by atoms with Gasteiger partial charge in [-0.25, -0.2) is 0 Å². The molecule has 0 saturated heterocycles. The van der Waals surface area contributed by atoms with E-state index in [0.29, 0.717) is 17.1 Å². The molecule has 0 aliphatic heterocycles. The topological polar surface area (TPSA) is 38.3 Å². The van der Waals surface area contributed by atoms with Gasteiger partial charge in [-0.15, -0.1) is 0 Å². The summed E-state index contributed by atoms with van der Waals surface area (Å²) in [5.41, 5.74) is 0.365. The Morgan fingerprint density at radius 2 is 2.28 bits per heavy atom. The molecule has 0 spiro atoms. The highest BCUT2D eigenvalue weighted by atomic mass is 79.9. The van der Waals surface area contributed by atoms with Crippen LogP contribution in [0.3, 0.4) is 0 Å². The van der Waals surface area contributed by atoms with Crippen LogP contribution in [0.5, 0.6) is 0 Å². The lowest BCUT2D eigenvalue weighted by Crippen LogP contribution is -2.42. The van der Waals surface area contributed by atoms with Crippen molar-refractivity contribution in [3.63, 3.8) is 0 Å². The summed E-state index contributed by atoms with van der Waals surface area (Å²) in [4.78, 5) is 12.0. The molecule has 2 rings (SSSR count). The number of rotatable bonds is 4. The number of halogens is 2. The normalized spacial score (nSPS) is 17.1. The maximum absolute atomic E-state index is 12.0. The van der Waals surface area contributed by atoms with E-state index < -0.39 is 0 Å². The summed E-state index contributed by atoms with van der Waals surface area (Å²) in [6.45, 7) is 0. The molecule has 1 fully saturated rings. The smallest absolute Gasteiger partial charge is 0.227 e. The molecule has 1 amide bonds. The van der Waals surface area contributed by atoms with Crippen molar-refractivity contribution in [2.24, 2.45) is 0 Å². The molecule has 0 unspecified atom stereocenters. The van der Waals surface area contributed by atoms with E-state index in [1.165, 1.54) is 0 Å². The van der Waals surface area contributed by atoms with Gasteiger partial charge >= 0.3 is 0 Å². The van der Waals surface area contributed by atoms with Crippen molar-refractivity contribution in [2.75, 3.05) is 12.4 Å². The second kappa shape index (κ2) is 5.59. The minimum atomic E-state index is -0.261. The summed E-state index contributed by atoms with van der Waals surface area (Å²) < 4.78 is 6.31. The zero-order valence-electron chi connectivity index (χ0n) is 10.1. The Balaban J connectivity index is 2.00. The molecule has 1 aromatic carbocycles. The van der Waals surface area contributed by atoms with E-state index in [-0.39, 0.29) is 11.5 Å². The monoisotopic (exact) mass is 331 g/mol. The van der Waals surface area contributed by atoms with Crippen LogP contribution in [0.1, 0.15) is 25.7 Å². The van der Waals surface area contributed by atoms with Crippen molar-refractivity contribution in [3.8, 4) is 0 Å². The Morgan fingerprint density at radius 3 is 2.83 bits per heavy atom. The average molecular weight is 333 g/mol. The van der Waals surface area contributed by atoms with E-state index in [0.717, 1.165) is 23.7 Å². The molecular formula is C13H15BrClNO2. The molecule has 1 aromatic rings. The quantitative estimate of drug-likeness (QED) is 0.905. The molecule has 98 valence electrons. The van der Waals surface area contributed by atoms with Crippen molar-refractivity contribution in [1.29, 1.82) is 0 Å². The first-order valence-corrected chi connectivity index (χ1v) is 7.02. The van der Waals surface area contributed by atoms with Crippen molar-refractivity contribution in [1.82, 2.24) is 0 Å². The lowest BCUT2D eigenvalue weighted by molar-refractivity contribution is -0.129. The molecule has 0 heterocycles. The first kappa shape index (κ1) is 13.8. The number of carbonyl (C=O) groups is 1. The van der Waals surface area contributed by atoms with Crippen LogP contribution in [0.4, 0.5) is 5.69 Å². The second-order valence-corrected chi connectivity index (χ2v) is 5.91. The van der Waals surface area contributed by atoms with Gasteiger partial charge in [0, 0.05) is 11.6 Å². The molecular weight excluding hydrogens is 318 g/mol. The van der Waals surface area contributed by atoms with Crippen molar-refractivity contribution < 1.29 is 9.53 Å². The molecule has 5 heteroatoms. The number of benzene rings is 1. The predicted octanol–water partition coefficient (Wildman–Crippen LogP) is 4.00. The highest BCUT2D eigenvalue weighted by Crippen LogP contribution is 2.38. The van der Waals surface area contributed by atoms with Crippen molar-refractivity contribution in [3.05, 3.63) is 27.7 Å². The van der Waals surface area contributed by atoms with E-state index in [4.69, 9.17) is 16.3 Å². The molecule has 0 atom stereocenters. The highest BCUT2D eigenvalue weighted by molar-refractivity contribution is 9.10. The fraction of sp³-hybridized carbons (Fsp3) is 0.462. The number of ether oxygens (including phenoxy) is 1. The van der Waals surface area contributed by atoms with Gasteiger partial charge in [0.2, 0.25) is 5.91 Å². The number of hydrogen-bond donors (Lipinski definition) is 1. The summed E-state index contributed by atoms with van der Waals surface area (Å²) in [6, 6.07) is 5.37. The van der Waals surface area contributed by atoms with E-state index >= 15 is 0 Å². The van der Waals surface area contributed by atoms with Gasteiger partial charge in [0.25, 0.3) is 0 Å². The Labute approximate surface area is 120 Å². The minimum absolute atomic E-state index is 0.0587. The third-order valence-corrected chi connectivity index (χ3v) is 4.21. The molecule has 0 bridgehead atoms. The maximum Gasteiger partial charge on any atom is 0.227 e. The van der Waals surface area contributed by atoms with Crippen molar-refractivity contribution >= 4 is 39.1 Å². The lowest BCUT2D eigenvalue weighted by Gasteiger charge is -2.39. The Hall–Kier alpha value is -0.580. The van der Waals surface area contributed by atoms with Gasteiger partial charge in [-0.2, -0.15) is 0 Å². The fourth-order valence-corrected chi connectivity index (χ4v) is 2.63. The number of hydrogen-bond acceptors (Lipinski definition) is 2. The third kappa shape index (κ3) is 3.05. The van der Waals surface area contributed by atoms with Gasteiger partial charge in [-0.3, -0.25) is 4.79 Å². The van der Waals surface area contributed by atoms with Crippen LogP contribution in [-0.4, -0.2) is 18.6 Å². The minimum Gasteiger partial charge on any atom is -0.378 e. The molecule has 1 saturated carbocycles. The first-order valence-electron chi connectivity index (χ1n) is 5.85. The standard InChI is InChI=1S/C13H15BrClNO2/c1-18-13(5-2-6-13)8-12(17)16-11-7-9(14)3-4-10(11)15/h3-4,7H,2,5-6,8H2,1H3,(H,16,17). The number of amides is 1. The van der Waals surface area contributed by atoms with Gasteiger partial charge in [0.15, 0.2) is 0 Å². The van der Waals surface area contributed by atoms with Gasteiger partial charge < -0.3 is 10.1 Å². The van der Waals surface area contributed by atoms with Crippen LogP contribution in [0.15, 0.2) is 22.7 Å². The van der Waals surface area contributed by atoms with Crippen LogP contribution < -0.4 is 5.32 Å². The molecule has 18 heavy (non-hydrogen) atoms. The van der Waals surface area contributed by atoms with E-state index in [1.807, 2.05) is 6.07 Å². The zero-order valence-corrected chi connectivity index (χ0v) is 12.5. The molecule has 0 aromatic heterocycles. The largest absolute Gasteiger partial charge is 0.378 e. The highest BCUT2D eigenvalue weighted by Gasteiger charge is 2.39. The summed E-state index contributed by atoms with van der Waals surface area (Å²) >= 11 is 9.38. The van der Waals surface area contributed by atoms with Crippen LogP contribution in [-0.2, 0) is 9.53 Å². The Morgan fingerprint density at radius 1 is 1.56 bits per heavy atom. The number of nitrogens with one attached hydrogen (secondary N) is 1.